The minimum atomic E-state index is -0.862. The van der Waals surface area contributed by atoms with E-state index in [-0.39, 0.29) is 41.4 Å². The highest BCUT2D eigenvalue weighted by atomic mass is 16.2. The number of aryl methyl sites for hydroxylation is 1. The maximum Gasteiger partial charge on any atom is 0.248 e. The number of para-hydroxylation sites is 1. The third kappa shape index (κ3) is 3.17. The zero-order chi connectivity index (χ0) is 22.7. The Kier molecular flexibility index (Phi) is 4.75. The first kappa shape index (κ1) is 20.4. The molecule has 5 nitrogen and oxygen atoms in total. The van der Waals surface area contributed by atoms with Crippen LogP contribution in [0.4, 0.5) is 5.69 Å². The topological polar surface area (TPSA) is 66.5 Å². The fourth-order valence-corrected chi connectivity index (χ4v) is 6.59. The number of hydrogen-bond donors (Lipinski definition) is 1. The molecule has 4 aliphatic carbocycles. The van der Waals surface area contributed by atoms with Crippen LogP contribution in [0.5, 0.6) is 0 Å². The molecule has 1 saturated heterocycles. The molecule has 5 aliphatic rings. The van der Waals surface area contributed by atoms with Gasteiger partial charge in [0.15, 0.2) is 0 Å². The van der Waals surface area contributed by atoms with Gasteiger partial charge in [0.25, 0.3) is 0 Å². The van der Waals surface area contributed by atoms with E-state index in [1.54, 1.807) is 0 Å². The second-order valence-electron chi connectivity index (χ2n) is 9.91. The number of carbonyl (C=O) groups is 3. The number of hydrogen-bond acceptors (Lipinski definition) is 3. The molecule has 7 rings (SSSR count). The van der Waals surface area contributed by atoms with E-state index in [0.717, 1.165) is 29.7 Å². The van der Waals surface area contributed by atoms with Crippen LogP contribution in [0.3, 0.4) is 0 Å². The number of nitrogens with one attached hydrogen (secondary N) is 1. The van der Waals surface area contributed by atoms with Gasteiger partial charge >= 0.3 is 0 Å². The maximum absolute atomic E-state index is 13.7. The van der Waals surface area contributed by atoms with E-state index >= 15 is 0 Å². The minimum absolute atomic E-state index is 0.146. The van der Waals surface area contributed by atoms with Crippen LogP contribution in [0, 0.1) is 35.5 Å². The summed E-state index contributed by atoms with van der Waals surface area (Å²) in [5.74, 6) is 0.150. The van der Waals surface area contributed by atoms with Crippen LogP contribution in [0.15, 0.2) is 66.7 Å². The monoisotopic (exact) mass is 440 g/mol. The molecule has 2 aromatic carbocycles. The third-order valence-electron chi connectivity index (χ3n) is 8.24. The molecule has 1 heterocycles. The zero-order valence-corrected chi connectivity index (χ0v) is 18.7. The van der Waals surface area contributed by atoms with Crippen LogP contribution in [-0.4, -0.2) is 28.7 Å². The molecule has 33 heavy (non-hydrogen) atoms. The largest absolute Gasteiger partial charge is 0.324 e. The van der Waals surface area contributed by atoms with E-state index in [1.807, 2.05) is 61.5 Å². The minimum Gasteiger partial charge on any atom is -0.324 e. The summed E-state index contributed by atoms with van der Waals surface area (Å²) in [4.78, 5) is 42.4. The molecule has 7 unspecified atom stereocenters. The number of nitrogens with zero attached hydrogens (tertiary/aromatic N) is 1. The average Bonchev–Trinajstić information content (AvgIpc) is 3.62. The van der Waals surface area contributed by atoms with Gasteiger partial charge in [-0.2, -0.15) is 0 Å². The van der Waals surface area contributed by atoms with Gasteiger partial charge in [-0.25, -0.2) is 0 Å². The van der Waals surface area contributed by atoms with Crippen LogP contribution in [0.2, 0.25) is 0 Å². The van der Waals surface area contributed by atoms with Gasteiger partial charge < -0.3 is 5.32 Å². The zero-order valence-electron chi connectivity index (χ0n) is 18.7. The van der Waals surface area contributed by atoms with Crippen LogP contribution >= 0.6 is 0 Å². The molecule has 2 bridgehead atoms. The predicted octanol–water partition coefficient (Wildman–Crippen LogP) is 3.85. The number of rotatable bonds is 6. The molecule has 5 heteroatoms. The Morgan fingerprint density at radius 2 is 1.55 bits per heavy atom. The fraction of sp³-hybridized carbons (Fsp3) is 0.393. The van der Waals surface area contributed by atoms with Crippen LogP contribution in [0.1, 0.15) is 24.5 Å². The molecule has 7 atom stereocenters. The Morgan fingerprint density at radius 1 is 0.939 bits per heavy atom. The van der Waals surface area contributed by atoms with E-state index < -0.39 is 6.04 Å². The van der Waals surface area contributed by atoms with E-state index in [4.69, 9.17) is 0 Å². The molecule has 3 amide bonds. The molecule has 168 valence electrons. The first-order valence-electron chi connectivity index (χ1n) is 12.1. The van der Waals surface area contributed by atoms with Crippen molar-refractivity contribution in [2.75, 3.05) is 5.32 Å². The van der Waals surface area contributed by atoms with Gasteiger partial charge in [0.05, 0.1) is 11.8 Å². The smallest absolute Gasteiger partial charge is 0.248 e. The SMILES string of the molecule is CCc1ccccc1NC(=O)C(Cc1ccccc1)N1C(=O)C2C3C=CC(C4CC34)C2C1=O. The lowest BCUT2D eigenvalue weighted by molar-refractivity contribution is -0.146. The first-order chi connectivity index (χ1) is 16.1. The van der Waals surface area contributed by atoms with Gasteiger partial charge in [-0.15, -0.1) is 0 Å². The van der Waals surface area contributed by atoms with Gasteiger partial charge in [0.2, 0.25) is 17.7 Å². The van der Waals surface area contributed by atoms with Crippen molar-refractivity contribution in [1.82, 2.24) is 4.90 Å². The molecule has 1 N–H and O–H groups in total. The van der Waals surface area contributed by atoms with Crippen molar-refractivity contribution in [2.24, 2.45) is 35.5 Å². The van der Waals surface area contributed by atoms with Crippen molar-refractivity contribution >= 4 is 23.4 Å². The second kappa shape index (κ2) is 7.68. The lowest BCUT2D eigenvalue weighted by atomic mass is 9.63. The Balaban J connectivity index is 1.34. The van der Waals surface area contributed by atoms with E-state index in [0.29, 0.717) is 18.3 Å². The normalized spacial score (nSPS) is 31.8. The van der Waals surface area contributed by atoms with E-state index in [9.17, 15) is 14.4 Å². The molecule has 2 aromatic rings. The molecule has 2 saturated carbocycles. The van der Waals surface area contributed by atoms with E-state index in [2.05, 4.69) is 17.5 Å². The number of likely N-dealkylation sites (tertiary alicyclic amines) is 1. The van der Waals surface area contributed by atoms with Crippen LogP contribution < -0.4 is 5.32 Å². The highest BCUT2D eigenvalue weighted by molar-refractivity contribution is 6.10. The van der Waals surface area contributed by atoms with E-state index in [1.165, 1.54) is 4.90 Å². The maximum atomic E-state index is 13.7. The number of amides is 3. The Labute approximate surface area is 193 Å². The first-order valence-corrected chi connectivity index (χ1v) is 12.1. The Morgan fingerprint density at radius 3 is 2.18 bits per heavy atom. The summed E-state index contributed by atoms with van der Waals surface area (Å²) in [6.07, 6.45) is 6.55. The number of anilines is 1. The summed E-state index contributed by atoms with van der Waals surface area (Å²) in [7, 11) is 0. The van der Waals surface area contributed by atoms with Crippen molar-refractivity contribution in [3.8, 4) is 0 Å². The van der Waals surface area contributed by atoms with Crippen LogP contribution in [0.25, 0.3) is 0 Å². The summed E-state index contributed by atoms with van der Waals surface area (Å²) in [6.45, 7) is 2.04. The van der Waals surface area contributed by atoms with Gasteiger partial charge in [0, 0.05) is 12.1 Å². The standard InChI is InChI=1S/C28H28N2O3/c1-2-17-10-6-7-11-22(17)29-26(31)23(14-16-8-4-3-5-9-16)30-27(32)24-18-12-13-19(21-15-20(18)21)25(24)28(30)33/h3-13,18-21,23-25H,2,14-15H2,1H3,(H,29,31). The Hall–Kier alpha value is -3.21. The Bertz CT molecular complexity index is 1120. The molecule has 0 aromatic heterocycles. The quantitative estimate of drug-likeness (QED) is 0.548. The third-order valence-corrected chi connectivity index (χ3v) is 8.24. The summed E-state index contributed by atoms with van der Waals surface area (Å²) in [5, 5.41) is 3.04. The molecule has 3 fully saturated rings. The van der Waals surface area contributed by atoms with Crippen molar-refractivity contribution in [1.29, 1.82) is 0 Å². The molecule has 0 spiro atoms. The fourth-order valence-electron chi connectivity index (χ4n) is 6.59. The molecule has 0 radical (unpaired) electrons. The van der Waals surface area contributed by atoms with Gasteiger partial charge in [-0.05, 0) is 53.7 Å². The number of carbonyl (C=O) groups excluding carboxylic acids is 3. The molecular weight excluding hydrogens is 412 g/mol. The summed E-state index contributed by atoms with van der Waals surface area (Å²) in [6, 6.07) is 16.5. The van der Waals surface area contributed by atoms with Crippen molar-refractivity contribution in [3.63, 3.8) is 0 Å². The summed E-state index contributed by atoms with van der Waals surface area (Å²) < 4.78 is 0. The predicted molar refractivity (Wildman–Crippen MR) is 125 cm³/mol. The van der Waals surface area contributed by atoms with Gasteiger partial charge in [-0.3, -0.25) is 19.3 Å². The number of benzene rings is 2. The number of imide groups is 1. The summed E-state index contributed by atoms with van der Waals surface area (Å²) in [5.41, 5.74) is 2.70. The van der Waals surface area contributed by atoms with Gasteiger partial charge in [-0.1, -0.05) is 67.6 Å². The number of allylic oxidation sites excluding steroid dienone is 2. The summed E-state index contributed by atoms with van der Waals surface area (Å²) >= 11 is 0. The second-order valence-corrected chi connectivity index (χ2v) is 9.91. The van der Waals surface area contributed by atoms with Gasteiger partial charge in [0.1, 0.15) is 6.04 Å². The lowest BCUT2D eigenvalue weighted by Crippen LogP contribution is -2.49. The molecular formula is C28H28N2O3. The molecule has 1 aliphatic heterocycles. The highest BCUT2D eigenvalue weighted by Gasteiger charge is 2.67. The highest BCUT2D eigenvalue weighted by Crippen LogP contribution is 2.65. The van der Waals surface area contributed by atoms with Crippen molar-refractivity contribution < 1.29 is 14.4 Å². The average molecular weight is 441 g/mol. The lowest BCUT2D eigenvalue weighted by Gasteiger charge is -2.37. The van der Waals surface area contributed by atoms with Crippen molar-refractivity contribution in [2.45, 2.75) is 32.2 Å². The van der Waals surface area contributed by atoms with Crippen molar-refractivity contribution in [3.05, 3.63) is 77.9 Å². The van der Waals surface area contributed by atoms with Crippen LogP contribution in [-0.2, 0) is 27.2 Å².